The average molecular weight is 333 g/mol. The minimum Gasteiger partial charge on any atom is -0.352 e. The molecule has 0 aliphatic rings. The lowest BCUT2D eigenvalue weighted by atomic mass is 9.98. The first-order chi connectivity index (χ1) is 11.3. The van der Waals surface area contributed by atoms with Gasteiger partial charge in [0.15, 0.2) is 0 Å². The van der Waals surface area contributed by atoms with Crippen molar-refractivity contribution in [2.24, 2.45) is 5.92 Å². The minimum absolute atomic E-state index is 0.0116. The molecule has 0 bridgehead atoms. The maximum Gasteiger partial charge on any atom is 0.251 e. The van der Waals surface area contributed by atoms with Crippen LogP contribution in [0.25, 0.3) is 0 Å². The predicted octanol–water partition coefficient (Wildman–Crippen LogP) is 1.47. The quantitative estimate of drug-likeness (QED) is 0.673. The van der Waals surface area contributed by atoms with Crippen LogP contribution in [-0.2, 0) is 9.59 Å². The van der Waals surface area contributed by atoms with E-state index < -0.39 is 6.04 Å². The number of rotatable bonds is 8. The Morgan fingerprint density at radius 1 is 1.00 bits per heavy atom. The molecule has 24 heavy (non-hydrogen) atoms. The maximum atomic E-state index is 12.4. The van der Waals surface area contributed by atoms with Gasteiger partial charge in [-0.15, -0.1) is 0 Å². The van der Waals surface area contributed by atoms with Gasteiger partial charge < -0.3 is 16.0 Å². The normalized spacial score (nSPS) is 13.0. The third-order valence-corrected chi connectivity index (χ3v) is 3.69. The lowest BCUT2D eigenvalue weighted by molar-refractivity contribution is -0.128. The molecule has 2 atom stereocenters. The molecule has 1 aromatic carbocycles. The Hall–Kier alpha value is -2.37. The van der Waals surface area contributed by atoms with Gasteiger partial charge in [-0.3, -0.25) is 14.4 Å². The monoisotopic (exact) mass is 333 g/mol. The molecule has 1 rings (SSSR count). The fourth-order valence-electron chi connectivity index (χ4n) is 2.17. The SMILES string of the molecule is CCC(C)C(NC(=O)c1ccccc1)C(=O)NCC(=O)NC(C)C. The molecule has 6 nitrogen and oxygen atoms in total. The van der Waals surface area contributed by atoms with E-state index in [9.17, 15) is 14.4 Å². The van der Waals surface area contributed by atoms with Crippen molar-refractivity contribution in [3.63, 3.8) is 0 Å². The van der Waals surface area contributed by atoms with E-state index in [0.29, 0.717) is 5.56 Å². The largest absolute Gasteiger partial charge is 0.352 e. The van der Waals surface area contributed by atoms with Crippen LogP contribution < -0.4 is 16.0 Å². The predicted molar refractivity (Wildman–Crippen MR) is 93.4 cm³/mol. The molecule has 0 aliphatic carbocycles. The van der Waals surface area contributed by atoms with Crippen molar-refractivity contribution in [1.29, 1.82) is 0 Å². The van der Waals surface area contributed by atoms with Crippen LogP contribution in [0.3, 0.4) is 0 Å². The minimum atomic E-state index is -0.686. The van der Waals surface area contributed by atoms with Crippen molar-refractivity contribution in [2.75, 3.05) is 6.54 Å². The number of hydrogen-bond donors (Lipinski definition) is 3. The summed E-state index contributed by atoms with van der Waals surface area (Å²) >= 11 is 0. The first-order valence-electron chi connectivity index (χ1n) is 8.28. The molecule has 0 fully saturated rings. The van der Waals surface area contributed by atoms with Crippen molar-refractivity contribution in [3.8, 4) is 0 Å². The molecule has 1 aromatic rings. The van der Waals surface area contributed by atoms with Gasteiger partial charge in [0.25, 0.3) is 5.91 Å². The number of hydrogen-bond acceptors (Lipinski definition) is 3. The van der Waals surface area contributed by atoms with Crippen LogP contribution in [0.5, 0.6) is 0 Å². The lowest BCUT2D eigenvalue weighted by Gasteiger charge is -2.23. The fourth-order valence-corrected chi connectivity index (χ4v) is 2.17. The zero-order chi connectivity index (χ0) is 18.1. The van der Waals surface area contributed by atoms with E-state index >= 15 is 0 Å². The van der Waals surface area contributed by atoms with Gasteiger partial charge in [-0.05, 0) is 31.9 Å². The molecule has 6 heteroatoms. The van der Waals surface area contributed by atoms with Gasteiger partial charge >= 0.3 is 0 Å². The lowest BCUT2D eigenvalue weighted by Crippen LogP contribution is -2.52. The van der Waals surface area contributed by atoms with E-state index in [2.05, 4.69) is 16.0 Å². The maximum absolute atomic E-state index is 12.4. The molecule has 3 amide bonds. The average Bonchev–Trinajstić information content (AvgIpc) is 2.56. The number of benzene rings is 1. The summed E-state index contributed by atoms with van der Waals surface area (Å²) in [6, 6.07) is 8.07. The zero-order valence-corrected chi connectivity index (χ0v) is 14.8. The summed E-state index contributed by atoms with van der Waals surface area (Å²) in [5.41, 5.74) is 0.496. The molecule has 0 radical (unpaired) electrons. The Morgan fingerprint density at radius 2 is 1.62 bits per heavy atom. The Bertz CT molecular complexity index is 558. The third kappa shape index (κ3) is 6.40. The van der Waals surface area contributed by atoms with E-state index in [4.69, 9.17) is 0 Å². The molecule has 0 saturated heterocycles. The summed E-state index contributed by atoms with van der Waals surface area (Å²) < 4.78 is 0. The van der Waals surface area contributed by atoms with Crippen LogP contribution in [-0.4, -0.2) is 36.3 Å². The van der Waals surface area contributed by atoms with Crippen LogP contribution in [0, 0.1) is 5.92 Å². The highest BCUT2D eigenvalue weighted by atomic mass is 16.2. The first-order valence-corrected chi connectivity index (χ1v) is 8.28. The van der Waals surface area contributed by atoms with Gasteiger partial charge in [0.05, 0.1) is 6.54 Å². The molecular formula is C18H27N3O3. The Kier molecular flexibility index (Phi) is 7.95. The van der Waals surface area contributed by atoms with Crippen molar-refractivity contribution in [1.82, 2.24) is 16.0 Å². The molecule has 3 N–H and O–H groups in total. The van der Waals surface area contributed by atoms with Crippen LogP contribution in [0.4, 0.5) is 0 Å². The van der Waals surface area contributed by atoms with Crippen molar-refractivity contribution >= 4 is 17.7 Å². The van der Waals surface area contributed by atoms with E-state index in [-0.39, 0.29) is 36.2 Å². The summed E-state index contributed by atoms with van der Waals surface area (Å²) in [4.78, 5) is 36.3. The van der Waals surface area contributed by atoms with Gasteiger partial charge in [0.2, 0.25) is 11.8 Å². The Balaban J connectivity index is 2.69. The highest BCUT2D eigenvalue weighted by Gasteiger charge is 2.26. The Morgan fingerprint density at radius 3 is 2.17 bits per heavy atom. The molecule has 0 aromatic heterocycles. The summed E-state index contributed by atoms with van der Waals surface area (Å²) in [6.45, 7) is 7.43. The molecule has 2 unspecified atom stereocenters. The van der Waals surface area contributed by atoms with Gasteiger partial charge in [-0.2, -0.15) is 0 Å². The fraction of sp³-hybridized carbons (Fsp3) is 0.500. The second kappa shape index (κ2) is 9.70. The van der Waals surface area contributed by atoms with E-state index in [1.165, 1.54) is 0 Å². The first kappa shape index (κ1) is 19.7. The molecule has 0 heterocycles. The summed E-state index contributed by atoms with van der Waals surface area (Å²) in [7, 11) is 0. The van der Waals surface area contributed by atoms with Crippen LogP contribution >= 0.6 is 0 Å². The van der Waals surface area contributed by atoms with Crippen LogP contribution in [0.2, 0.25) is 0 Å². The smallest absolute Gasteiger partial charge is 0.251 e. The van der Waals surface area contributed by atoms with Gasteiger partial charge in [-0.25, -0.2) is 0 Å². The summed E-state index contributed by atoms with van der Waals surface area (Å²) in [5, 5.41) is 8.07. The van der Waals surface area contributed by atoms with E-state index in [1.807, 2.05) is 33.8 Å². The van der Waals surface area contributed by atoms with Gasteiger partial charge in [0, 0.05) is 11.6 Å². The van der Waals surface area contributed by atoms with Crippen LogP contribution in [0.1, 0.15) is 44.5 Å². The van der Waals surface area contributed by atoms with Crippen molar-refractivity contribution in [3.05, 3.63) is 35.9 Å². The Labute approximate surface area is 143 Å². The van der Waals surface area contributed by atoms with Crippen molar-refractivity contribution in [2.45, 2.75) is 46.2 Å². The highest BCUT2D eigenvalue weighted by Crippen LogP contribution is 2.09. The summed E-state index contributed by atoms with van der Waals surface area (Å²) in [5.74, 6) is -0.961. The molecule has 0 spiro atoms. The third-order valence-electron chi connectivity index (χ3n) is 3.69. The van der Waals surface area contributed by atoms with E-state index in [0.717, 1.165) is 6.42 Å². The zero-order valence-electron chi connectivity index (χ0n) is 14.8. The second-order valence-electron chi connectivity index (χ2n) is 6.14. The van der Waals surface area contributed by atoms with Crippen LogP contribution in [0.15, 0.2) is 30.3 Å². The number of carbonyl (C=O) groups is 3. The number of carbonyl (C=O) groups excluding carboxylic acids is 3. The van der Waals surface area contributed by atoms with Gasteiger partial charge in [-0.1, -0.05) is 38.5 Å². The second-order valence-corrected chi connectivity index (χ2v) is 6.14. The van der Waals surface area contributed by atoms with Gasteiger partial charge in [0.1, 0.15) is 6.04 Å². The molecular weight excluding hydrogens is 306 g/mol. The topological polar surface area (TPSA) is 87.3 Å². The number of nitrogens with one attached hydrogen (secondary N) is 3. The highest BCUT2D eigenvalue weighted by molar-refractivity contribution is 5.98. The standard InChI is InChI=1S/C18H27N3O3/c1-5-13(4)16(18(24)19-11-15(22)20-12(2)3)21-17(23)14-9-7-6-8-10-14/h6-10,12-13,16H,5,11H2,1-4H3,(H,19,24)(H,20,22)(H,21,23). The molecule has 0 saturated carbocycles. The number of amides is 3. The molecule has 0 aliphatic heterocycles. The summed E-state index contributed by atoms with van der Waals surface area (Å²) in [6.07, 6.45) is 0.728. The van der Waals surface area contributed by atoms with E-state index in [1.54, 1.807) is 24.3 Å². The molecule has 132 valence electrons. The van der Waals surface area contributed by atoms with Crippen molar-refractivity contribution < 1.29 is 14.4 Å².